The fraction of sp³-hybridized carbons (Fsp3) is 0.773. The van der Waals surface area contributed by atoms with Crippen molar-refractivity contribution in [1.82, 2.24) is 0 Å². The Bertz CT molecular complexity index is 752. The quantitative estimate of drug-likeness (QED) is 0.415. The van der Waals surface area contributed by atoms with Crippen molar-refractivity contribution in [2.75, 3.05) is 0 Å². The van der Waals surface area contributed by atoms with Crippen molar-refractivity contribution in [1.29, 1.82) is 0 Å². The Kier molecular flexibility index (Phi) is 4.81. The molecule has 1 saturated heterocycles. The molecule has 1 spiro atoms. The van der Waals surface area contributed by atoms with Gasteiger partial charge >= 0.3 is 11.9 Å². The minimum absolute atomic E-state index is 0.127. The number of carbonyl (C=O) groups is 3. The van der Waals surface area contributed by atoms with Gasteiger partial charge in [0.25, 0.3) is 0 Å². The lowest BCUT2D eigenvalue weighted by atomic mass is 9.51. The summed E-state index contributed by atoms with van der Waals surface area (Å²) in [6, 6.07) is 0. The van der Waals surface area contributed by atoms with Crippen molar-refractivity contribution in [3.63, 3.8) is 0 Å². The summed E-state index contributed by atoms with van der Waals surface area (Å²) < 4.78 is 17.6. The van der Waals surface area contributed by atoms with Crippen LogP contribution in [0.5, 0.6) is 0 Å². The molecule has 5 atom stereocenters. The maximum Gasteiger partial charge on any atom is 0.333 e. The van der Waals surface area contributed by atoms with E-state index in [0.717, 1.165) is 6.42 Å². The molecule has 2 saturated carbocycles. The molecular weight excluding hydrogens is 360 g/mol. The summed E-state index contributed by atoms with van der Waals surface area (Å²) in [5.41, 5.74) is -2.18. The van der Waals surface area contributed by atoms with E-state index in [1.807, 2.05) is 20.8 Å². The van der Waals surface area contributed by atoms with Crippen molar-refractivity contribution < 1.29 is 28.6 Å². The van der Waals surface area contributed by atoms with Crippen molar-refractivity contribution in [3.05, 3.63) is 11.6 Å². The monoisotopic (exact) mass is 392 g/mol. The van der Waals surface area contributed by atoms with Gasteiger partial charge in [-0.15, -0.1) is 0 Å². The van der Waals surface area contributed by atoms with Gasteiger partial charge in [0.2, 0.25) is 0 Å². The number of ketones is 1. The van der Waals surface area contributed by atoms with Gasteiger partial charge in [-0.25, -0.2) is 4.79 Å². The lowest BCUT2D eigenvalue weighted by Gasteiger charge is -2.56. The third-order valence-corrected chi connectivity index (χ3v) is 7.38. The molecular formula is C22H32O6. The van der Waals surface area contributed by atoms with Gasteiger partial charge in [0.15, 0.2) is 11.4 Å². The van der Waals surface area contributed by atoms with Crippen LogP contribution in [-0.2, 0) is 28.6 Å². The summed E-state index contributed by atoms with van der Waals surface area (Å²) in [6.07, 6.45) is 3.26. The van der Waals surface area contributed by atoms with E-state index >= 15 is 0 Å². The second kappa shape index (κ2) is 6.41. The van der Waals surface area contributed by atoms with E-state index in [1.54, 1.807) is 19.9 Å². The van der Waals surface area contributed by atoms with Gasteiger partial charge in [-0.1, -0.05) is 13.0 Å². The topological polar surface area (TPSA) is 82.2 Å². The highest BCUT2D eigenvalue weighted by atomic mass is 16.6. The van der Waals surface area contributed by atoms with Crippen LogP contribution in [0.1, 0.15) is 74.1 Å². The summed E-state index contributed by atoms with van der Waals surface area (Å²) >= 11 is 0. The first-order valence-electron chi connectivity index (χ1n) is 10.1. The van der Waals surface area contributed by atoms with Crippen LogP contribution in [0.2, 0.25) is 0 Å². The number of hydrogen-bond acceptors (Lipinski definition) is 6. The molecule has 0 aromatic heterocycles. The number of carbonyl (C=O) groups excluding carboxylic acids is 3. The third-order valence-electron chi connectivity index (χ3n) is 7.38. The number of hydrogen-bond donors (Lipinski definition) is 0. The number of Topliss-reactive ketones (excluding diaryl/α,β-unsaturated/α-hetero) is 1. The van der Waals surface area contributed by atoms with Crippen LogP contribution < -0.4 is 0 Å². The lowest BCUT2D eigenvalue weighted by molar-refractivity contribution is -0.221. The first kappa shape index (κ1) is 21.0. The molecule has 5 unspecified atom stereocenters. The van der Waals surface area contributed by atoms with Crippen LogP contribution in [0.4, 0.5) is 0 Å². The molecule has 1 heterocycles. The van der Waals surface area contributed by atoms with E-state index in [0.29, 0.717) is 24.8 Å². The number of ether oxygens (including phenoxy) is 3. The fourth-order valence-corrected chi connectivity index (χ4v) is 5.46. The molecule has 1 aliphatic heterocycles. The van der Waals surface area contributed by atoms with E-state index in [1.165, 1.54) is 6.92 Å². The molecule has 156 valence electrons. The Balaban J connectivity index is 1.98. The summed E-state index contributed by atoms with van der Waals surface area (Å²) in [6.45, 7) is 12.6. The first-order valence-corrected chi connectivity index (χ1v) is 10.1. The van der Waals surface area contributed by atoms with Crippen LogP contribution >= 0.6 is 0 Å². The van der Waals surface area contributed by atoms with Crippen molar-refractivity contribution in [2.45, 2.75) is 97.1 Å². The molecule has 0 aromatic rings. The van der Waals surface area contributed by atoms with E-state index in [9.17, 15) is 14.4 Å². The van der Waals surface area contributed by atoms with E-state index in [-0.39, 0.29) is 17.1 Å². The molecule has 0 aromatic carbocycles. The molecule has 3 aliphatic rings. The van der Waals surface area contributed by atoms with E-state index in [2.05, 4.69) is 6.92 Å². The Hall–Kier alpha value is -1.69. The normalized spacial score (nSPS) is 42.0. The second-order valence-corrected chi connectivity index (χ2v) is 9.63. The van der Waals surface area contributed by atoms with Gasteiger partial charge in [-0.05, 0) is 59.3 Å². The van der Waals surface area contributed by atoms with E-state index in [4.69, 9.17) is 14.2 Å². The average molecular weight is 392 g/mol. The second-order valence-electron chi connectivity index (χ2n) is 9.63. The van der Waals surface area contributed by atoms with Crippen LogP contribution in [-0.4, -0.2) is 40.6 Å². The van der Waals surface area contributed by atoms with Gasteiger partial charge in [0.1, 0.15) is 17.3 Å². The maximum absolute atomic E-state index is 12.9. The fourth-order valence-electron chi connectivity index (χ4n) is 5.46. The molecule has 6 nitrogen and oxygen atoms in total. The first-order chi connectivity index (χ1) is 12.8. The summed E-state index contributed by atoms with van der Waals surface area (Å²) in [5.74, 6) is -0.848. The Morgan fingerprint density at radius 3 is 2.29 bits per heavy atom. The number of allylic oxidation sites excluding steroid dienone is 1. The highest BCUT2D eigenvalue weighted by molar-refractivity contribution is 5.93. The van der Waals surface area contributed by atoms with Crippen LogP contribution in [0.3, 0.4) is 0 Å². The minimum atomic E-state index is -1.02. The molecule has 3 rings (SSSR count). The van der Waals surface area contributed by atoms with Crippen molar-refractivity contribution >= 4 is 17.7 Å². The standard InChI is InChI=1S/C22H32O6/c1-8-13(2)18(25)26-17-9-10-20(6)12-16(24)22(19(4,5)28-22)11-15(20)21(17,7)27-14(3)23/h8,15,17H,9-12H2,1-7H3. The molecule has 6 heteroatoms. The zero-order valence-electron chi connectivity index (χ0n) is 18.0. The van der Waals surface area contributed by atoms with Crippen LogP contribution in [0.15, 0.2) is 11.6 Å². The summed E-state index contributed by atoms with van der Waals surface area (Å²) in [5, 5.41) is 0. The number of esters is 2. The summed E-state index contributed by atoms with van der Waals surface area (Å²) in [7, 11) is 0. The molecule has 3 fully saturated rings. The van der Waals surface area contributed by atoms with Gasteiger partial charge in [-0.3, -0.25) is 9.59 Å². The molecule has 28 heavy (non-hydrogen) atoms. The number of fused-ring (bicyclic) bond motifs is 1. The third kappa shape index (κ3) is 3.00. The van der Waals surface area contributed by atoms with Gasteiger partial charge in [-0.2, -0.15) is 0 Å². The SMILES string of the molecule is CC=C(C)C(=O)OC1CCC2(C)CC(=O)C3(CC2C1(C)OC(C)=O)OC3(C)C. The minimum Gasteiger partial charge on any atom is -0.455 e. The van der Waals surface area contributed by atoms with E-state index < -0.39 is 34.8 Å². The van der Waals surface area contributed by atoms with Crippen LogP contribution in [0, 0.1) is 11.3 Å². The molecule has 0 amide bonds. The van der Waals surface area contributed by atoms with Gasteiger partial charge < -0.3 is 14.2 Å². The zero-order valence-corrected chi connectivity index (χ0v) is 18.0. The predicted octanol–water partition coefficient (Wildman–Crippen LogP) is 3.51. The lowest BCUT2D eigenvalue weighted by Crippen LogP contribution is -2.64. The summed E-state index contributed by atoms with van der Waals surface area (Å²) in [4.78, 5) is 37.4. The van der Waals surface area contributed by atoms with Crippen LogP contribution in [0.25, 0.3) is 0 Å². The largest absolute Gasteiger partial charge is 0.455 e. The van der Waals surface area contributed by atoms with Gasteiger partial charge in [0, 0.05) is 24.8 Å². The average Bonchev–Trinajstić information content (AvgIpc) is 3.14. The zero-order chi connectivity index (χ0) is 21.1. The molecule has 2 aliphatic carbocycles. The Morgan fingerprint density at radius 1 is 1.18 bits per heavy atom. The molecule has 0 radical (unpaired) electrons. The number of rotatable bonds is 3. The Labute approximate surface area is 167 Å². The van der Waals surface area contributed by atoms with Crippen molar-refractivity contribution in [2.24, 2.45) is 11.3 Å². The maximum atomic E-state index is 12.9. The predicted molar refractivity (Wildman–Crippen MR) is 102 cm³/mol. The smallest absolute Gasteiger partial charge is 0.333 e. The Morgan fingerprint density at radius 2 is 1.79 bits per heavy atom. The van der Waals surface area contributed by atoms with Gasteiger partial charge in [0.05, 0.1) is 0 Å². The number of epoxide rings is 1. The molecule has 0 bridgehead atoms. The van der Waals surface area contributed by atoms with Crippen molar-refractivity contribution in [3.8, 4) is 0 Å². The highest BCUT2D eigenvalue weighted by Gasteiger charge is 2.75. The molecule has 0 N–H and O–H groups in total. The highest BCUT2D eigenvalue weighted by Crippen LogP contribution is 2.64.